The molecule has 2 aromatic rings. The van der Waals surface area contributed by atoms with Crippen LogP contribution >= 0.6 is 0 Å². The number of amides is 1. The number of rotatable bonds is 5. The summed E-state index contributed by atoms with van der Waals surface area (Å²) < 4.78 is 5.58. The van der Waals surface area contributed by atoms with E-state index in [1.165, 1.54) is 0 Å². The molecule has 1 amide bonds. The predicted octanol–water partition coefficient (Wildman–Crippen LogP) is 2.00. The van der Waals surface area contributed by atoms with Crippen LogP contribution in [0.15, 0.2) is 24.3 Å². The van der Waals surface area contributed by atoms with Gasteiger partial charge in [0.1, 0.15) is 12.4 Å². The lowest BCUT2D eigenvalue weighted by Gasteiger charge is -2.13. The van der Waals surface area contributed by atoms with E-state index in [2.05, 4.69) is 15.5 Å². The summed E-state index contributed by atoms with van der Waals surface area (Å²) in [6.45, 7) is 3.84. The molecular formula is C14H18N4O3. The van der Waals surface area contributed by atoms with E-state index in [0.29, 0.717) is 17.3 Å². The summed E-state index contributed by atoms with van der Waals surface area (Å²) in [5, 5.41) is 17.7. The van der Waals surface area contributed by atoms with E-state index >= 15 is 0 Å². The fourth-order valence-electron chi connectivity index (χ4n) is 2.01. The number of nitrogens with one attached hydrogen (secondary N) is 2. The van der Waals surface area contributed by atoms with Gasteiger partial charge in [-0.1, -0.05) is 24.3 Å². The van der Waals surface area contributed by atoms with E-state index in [0.717, 1.165) is 11.1 Å². The molecule has 1 aromatic heterocycles. The van der Waals surface area contributed by atoms with Crippen molar-refractivity contribution in [3.8, 4) is 17.0 Å². The highest BCUT2D eigenvalue weighted by molar-refractivity contribution is 5.80. The minimum absolute atomic E-state index is 0.162. The van der Waals surface area contributed by atoms with Gasteiger partial charge in [0.05, 0.1) is 11.6 Å². The number of ether oxygens (including phenoxy) is 1. The number of aromatic amines is 1. The number of hydrogen-bond donors (Lipinski definition) is 4. The first-order chi connectivity index (χ1) is 9.99. The zero-order valence-electron chi connectivity index (χ0n) is 11.9. The molecule has 5 N–H and O–H groups in total. The van der Waals surface area contributed by atoms with Crippen molar-refractivity contribution in [2.45, 2.75) is 19.9 Å². The van der Waals surface area contributed by atoms with Gasteiger partial charge < -0.3 is 20.9 Å². The van der Waals surface area contributed by atoms with Crippen molar-refractivity contribution in [2.24, 2.45) is 0 Å². The number of anilines is 1. The summed E-state index contributed by atoms with van der Waals surface area (Å²) in [4.78, 5) is 10.5. The van der Waals surface area contributed by atoms with Crippen molar-refractivity contribution in [1.29, 1.82) is 0 Å². The first kappa shape index (κ1) is 14.7. The molecular weight excluding hydrogens is 272 g/mol. The molecule has 0 radical (unpaired) electrons. The Morgan fingerprint density at radius 2 is 2.24 bits per heavy atom. The Bertz CT molecular complexity index is 639. The second-order valence-electron chi connectivity index (χ2n) is 4.79. The van der Waals surface area contributed by atoms with E-state index in [4.69, 9.17) is 15.6 Å². The molecule has 0 saturated carbocycles. The first-order valence-corrected chi connectivity index (χ1v) is 6.51. The molecule has 0 aliphatic rings. The van der Waals surface area contributed by atoms with Gasteiger partial charge in [-0.3, -0.25) is 5.10 Å². The van der Waals surface area contributed by atoms with E-state index in [-0.39, 0.29) is 12.6 Å². The van der Waals surface area contributed by atoms with Crippen molar-refractivity contribution < 1.29 is 14.6 Å². The predicted molar refractivity (Wildman–Crippen MR) is 79.3 cm³/mol. The van der Waals surface area contributed by atoms with Crippen molar-refractivity contribution in [3.63, 3.8) is 0 Å². The zero-order chi connectivity index (χ0) is 15.4. The van der Waals surface area contributed by atoms with Gasteiger partial charge in [0.2, 0.25) is 5.88 Å². The maximum atomic E-state index is 10.5. The molecule has 7 nitrogen and oxygen atoms in total. The fraction of sp³-hybridized carbons (Fsp3) is 0.286. The third-order valence-electron chi connectivity index (χ3n) is 3.02. The van der Waals surface area contributed by atoms with Crippen LogP contribution in [0, 0.1) is 6.92 Å². The topological polar surface area (TPSA) is 113 Å². The smallest absolute Gasteiger partial charge is 0.404 e. The third-order valence-corrected chi connectivity index (χ3v) is 3.02. The highest BCUT2D eigenvalue weighted by atomic mass is 16.5. The lowest BCUT2D eigenvalue weighted by Crippen LogP contribution is -2.35. The van der Waals surface area contributed by atoms with E-state index in [1.54, 1.807) is 6.92 Å². The van der Waals surface area contributed by atoms with E-state index in [1.807, 2.05) is 31.2 Å². The molecule has 0 spiro atoms. The lowest BCUT2D eigenvalue weighted by molar-refractivity contribution is 0.182. The van der Waals surface area contributed by atoms with Gasteiger partial charge in [0.15, 0.2) is 0 Å². The van der Waals surface area contributed by atoms with Crippen LogP contribution in [0.3, 0.4) is 0 Å². The van der Waals surface area contributed by atoms with Gasteiger partial charge in [-0.25, -0.2) is 4.79 Å². The van der Waals surface area contributed by atoms with Gasteiger partial charge in [-0.05, 0) is 25.0 Å². The van der Waals surface area contributed by atoms with Gasteiger partial charge in [0, 0.05) is 0 Å². The average molecular weight is 290 g/mol. The highest BCUT2D eigenvalue weighted by Crippen LogP contribution is 2.35. The van der Waals surface area contributed by atoms with Gasteiger partial charge in [0.25, 0.3) is 0 Å². The summed E-state index contributed by atoms with van der Waals surface area (Å²) >= 11 is 0. The molecule has 0 saturated heterocycles. The van der Waals surface area contributed by atoms with Crippen molar-refractivity contribution in [2.75, 3.05) is 12.3 Å². The Labute approximate surface area is 122 Å². The molecule has 1 heterocycles. The van der Waals surface area contributed by atoms with E-state index in [9.17, 15) is 4.79 Å². The number of hydrogen-bond acceptors (Lipinski definition) is 4. The van der Waals surface area contributed by atoms with Crippen LogP contribution < -0.4 is 15.8 Å². The monoisotopic (exact) mass is 290 g/mol. The highest BCUT2D eigenvalue weighted by Gasteiger charge is 2.17. The molecule has 0 aliphatic carbocycles. The lowest BCUT2D eigenvalue weighted by atomic mass is 10.0. The molecule has 1 aromatic carbocycles. The summed E-state index contributed by atoms with van der Waals surface area (Å²) in [5.41, 5.74) is 8.59. The second-order valence-corrected chi connectivity index (χ2v) is 4.79. The number of H-pyrrole nitrogens is 1. The van der Waals surface area contributed by atoms with E-state index < -0.39 is 6.09 Å². The van der Waals surface area contributed by atoms with Crippen molar-refractivity contribution >= 4 is 11.9 Å². The number of nitrogen functional groups attached to an aromatic ring is 1. The molecule has 2 rings (SSSR count). The van der Waals surface area contributed by atoms with Crippen LogP contribution in [-0.2, 0) is 0 Å². The molecule has 21 heavy (non-hydrogen) atoms. The Morgan fingerprint density at radius 1 is 1.52 bits per heavy atom. The van der Waals surface area contributed by atoms with Crippen molar-refractivity contribution in [3.05, 3.63) is 29.8 Å². The number of carboxylic acid groups (broad SMARTS) is 1. The summed E-state index contributed by atoms with van der Waals surface area (Å²) in [5.74, 6) is 0.777. The van der Waals surface area contributed by atoms with Gasteiger partial charge >= 0.3 is 6.09 Å². The van der Waals surface area contributed by atoms with Crippen LogP contribution in [0.2, 0.25) is 0 Å². The summed E-state index contributed by atoms with van der Waals surface area (Å²) in [7, 11) is 0. The SMILES string of the molecule is Cc1ccccc1-c1c(OCC(C)NC(=O)O)n[nH]c1N. The molecule has 1 unspecified atom stereocenters. The van der Waals surface area contributed by atoms with Crippen LogP contribution in [0.5, 0.6) is 5.88 Å². The number of nitrogens with zero attached hydrogens (tertiary/aromatic N) is 1. The molecule has 1 atom stereocenters. The molecule has 112 valence electrons. The number of benzene rings is 1. The number of carbonyl (C=O) groups is 1. The number of nitrogens with two attached hydrogens (primary N) is 1. The van der Waals surface area contributed by atoms with Crippen LogP contribution in [0.1, 0.15) is 12.5 Å². The number of aryl methyl sites for hydroxylation is 1. The van der Waals surface area contributed by atoms with Crippen LogP contribution in [0.4, 0.5) is 10.6 Å². The average Bonchev–Trinajstić information content (AvgIpc) is 2.77. The maximum absolute atomic E-state index is 10.5. The summed E-state index contributed by atoms with van der Waals surface area (Å²) in [6.07, 6.45) is -1.09. The Hall–Kier alpha value is -2.70. The maximum Gasteiger partial charge on any atom is 0.404 e. The van der Waals surface area contributed by atoms with Gasteiger partial charge in [-0.2, -0.15) is 0 Å². The Kier molecular flexibility index (Phi) is 4.32. The standard InChI is InChI=1S/C14H18N4O3/c1-8-5-3-4-6-10(8)11-12(15)17-18-13(11)21-7-9(2)16-14(19)20/h3-6,9,16H,7H2,1-2H3,(H,19,20)(H3,15,17,18). The third kappa shape index (κ3) is 3.44. The Morgan fingerprint density at radius 3 is 2.90 bits per heavy atom. The molecule has 0 bridgehead atoms. The van der Waals surface area contributed by atoms with Crippen molar-refractivity contribution in [1.82, 2.24) is 15.5 Å². The zero-order valence-corrected chi connectivity index (χ0v) is 11.9. The van der Waals surface area contributed by atoms with Crippen LogP contribution in [0.25, 0.3) is 11.1 Å². The molecule has 7 heteroatoms. The quantitative estimate of drug-likeness (QED) is 0.672. The minimum Gasteiger partial charge on any atom is -0.474 e. The van der Waals surface area contributed by atoms with Crippen LogP contribution in [-0.4, -0.2) is 34.0 Å². The minimum atomic E-state index is -1.09. The summed E-state index contributed by atoms with van der Waals surface area (Å²) in [6, 6.07) is 7.40. The molecule has 0 fully saturated rings. The first-order valence-electron chi connectivity index (χ1n) is 6.51. The Balaban J connectivity index is 2.19. The second kappa shape index (κ2) is 6.17. The van der Waals surface area contributed by atoms with Gasteiger partial charge in [-0.15, -0.1) is 5.10 Å². The number of aromatic nitrogens is 2. The largest absolute Gasteiger partial charge is 0.474 e. The molecule has 0 aliphatic heterocycles. The normalized spacial score (nSPS) is 11.9. The fourth-order valence-corrected chi connectivity index (χ4v) is 2.01.